The number of carbonyl (C=O) groups is 4. The summed E-state index contributed by atoms with van der Waals surface area (Å²) in [5.74, 6) is -1.98. The number of amides is 2. The molecule has 182 valence electrons. The van der Waals surface area contributed by atoms with Crippen LogP contribution in [0.4, 0.5) is 0 Å². The second-order valence-electron chi connectivity index (χ2n) is 8.74. The summed E-state index contributed by atoms with van der Waals surface area (Å²) in [7, 11) is 0. The maximum absolute atomic E-state index is 13.6. The van der Waals surface area contributed by atoms with Crippen LogP contribution in [-0.2, 0) is 19.2 Å². The maximum atomic E-state index is 13.6. The highest BCUT2D eigenvalue weighted by molar-refractivity contribution is 5.93. The minimum absolute atomic E-state index is 0.0719. The van der Waals surface area contributed by atoms with Crippen molar-refractivity contribution in [3.05, 3.63) is 36.2 Å². The first-order valence-corrected chi connectivity index (χ1v) is 11.4. The van der Waals surface area contributed by atoms with Crippen molar-refractivity contribution in [2.24, 2.45) is 5.92 Å². The van der Waals surface area contributed by atoms with Crippen LogP contribution >= 0.6 is 0 Å². The first kappa shape index (κ1) is 24.9. The SMILES string of the molecule is C/C=C(\N[C@H](C(=O)N1CCCC1C(=O)N[C@H](C=O)CC(=O)O)C(C)C)c1ccc2nc[nH]c2c1. The first-order chi connectivity index (χ1) is 16.2. The molecular formula is C24H31N5O5. The number of aliphatic carboxylic acids is 1. The average Bonchev–Trinajstić information content (AvgIpc) is 3.47. The van der Waals surface area contributed by atoms with E-state index in [1.807, 2.05) is 45.0 Å². The number of H-pyrrole nitrogens is 1. The molecule has 1 aliphatic rings. The zero-order chi connectivity index (χ0) is 24.8. The molecule has 0 saturated carbocycles. The molecule has 2 heterocycles. The Morgan fingerprint density at radius 1 is 1.29 bits per heavy atom. The molecule has 1 aromatic carbocycles. The van der Waals surface area contributed by atoms with E-state index >= 15 is 0 Å². The van der Waals surface area contributed by atoms with E-state index in [1.54, 1.807) is 6.33 Å². The van der Waals surface area contributed by atoms with Crippen molar-refractivity contribution in [3.8, 4) is 0 Å². The predicted octanol–water partition coefficient (Wildman–Crippen LogP) is 1.69. The van der Waals surface area contributed by atoms with Crippen LogP contribution in [0.1, 0.15) is 45.6 Å². The van der Waals surface area contributed by atoms with Gasteiger partial charge in [-0.05, 0) is 43.4 Å². The third kappa shape index (κ3) is 5.62. The van der Waals surface area contributed by atoms with E-state index in [-0.39, 0.29) is 11.8 Å². The zero-order valence-corrected chi connectivity index (χ0v) is 19.6. The van der Waals surface area contributed by atoms with E-state index < -0.39 is 36.4 Å². The van der Waals surface area contributed by atoms with Crippen molar-refractivity contribution in [3.63, 3.8) is 0 Å². The summed E-state index contributed by atoms with van der Waals surface area (Å²) >= 11 is 0. The van der Waals surface area contributed by atoms with Crippen LogP contribution in [0, 0.1) is 5.92 Å². The molecule has 3 rings (SSSR count). The highest BCUT2D eigenvalue weighted by Crippen LogP contribution is 2.23. The Hall–Kier alpha value is -3.69. The van der Waals surface area contributed by atoms with E-state index in [0.29, 0.717) is 25.7 Å². The number of hydrogen-bond donors (Lipinski definition) is 4. The molecule has 1 saturated heterocycles. The Kier molecular flexibility index (Phi) is 8.04. The molecule has 34 heavy (non-hydrogen) atoms. The molecule has 1 aromatic heterocycles. The summed E-state index contributed by atoms with van der Waals surface area (Å²) in [6.45, 7) is 6.16. The monoisotopic (exact) mass is 469 g/mol. The number of rotatable bonds is 10. The topological polar surface area (TPSA) is 144 Å². The minimum Gasteiger partial charge on any atom is -0.481 e. The largest absolute Gasteiger partial charge is 0.481 e. The number of carboxylic acid groups (broad SMARTS) is 1. The van der Waals surface area contributed by atoms with Crippen molar-refractivity contribution in [1.29, 1.82) is 0 Å². The number of allylic oxidation sites excluding steroid dienone is 1. The number of nitrogens with one attached hydrogen (secondary N) is 3. The van der Waals surface area contributed by atoms with E-state index in [2.05, 4.69) is 20.6 Å². The highest BCUT2D eigenvalue weighted by atomic mass is 16.4. The lowest BCUT2D eigenvalue weighted by molar-refractivity contribution is -0.142. The van der Waals surface area contributed by atoms with Gasteiger partial charge in [0.25, 0.3) is 0 Å². The molecule has 2 aromatic rings. The predicted molar refractivity (Wildman–Crippen MR) is 126 cm³/mol. The number of likely N-dealkylation sites (tertiary alicyclic amines) is 1. The van der Waals surface area contributed by atoms with Crippen molar-refractivity contribution < 1.29 is 24.3 Å². The Morgan fingerprint density at radius 2 is 2.06 bits per heavy atom. The van der Waals surface area contributed by atoms with Gasteiger partial charge in [-0.2, -0.15) is 0 Å². The van der Waals surface area contributed by atoms with Gasteiger partial charge < -0.3 is 30.4 Å². The highest BCUT2D eigenvalue weighted by Gasteiger charge is 2.39. The van der Waals surface area contributed by atoms with Crippen LogP contribution in [0.3, 0.4) is 0 Å². The number of imidazole rings is 1. The summed E-state index contributed by atoms with van der Waals surface area (Å²) in [4.78, 5) is 57.3. The van der Waals surface area contributed by atoms with Crippen LogP contribution in [0.5, 0.6) is 0 Å². The number of benzene rings is 1. The number of aromatic nitrogens is 2. The van der Waals surface area contributed by atoms with Crippen LogP contribution in [0.25, 0.3) is 16.7 Å². The van der Waals surface area contributed by atoms with Crippen LogP contribution in [0.15, 0.2) is 30.6 Å². The summed E-state index contributed by atoms with van der Waals surface area (Å²) in [6, 6.07) is 3.33. The maximum Gasteiger partial charge on any atom is 0.305 e. The van der Waals surface area contributed by atoms with Crippen LogP contribution in [0.2, 0.25) is 0 Å². The normalized spacial score (nSPS) is 18.1. The van der Waals surface area contributed by atoms with Gasteiger partial charge in [0, 0.05) is 12.2 Å². The zero-order valence-electron chi connectivity index (χ0n) is 19.6. The summed E-state index contributed by atoms with van der Waals surface area (Å²) in [5.41, 5.74) is 3.41. The quantitative estimate of drug-likeness (QED) is 0.388. The average molecular weight is 470 g/mol. The van der Waals surface area contributed by atoms with Gasteiger partial charge in [-0.3, -0.25) is 14.4 Å². The molecule has 10 nitrogen and oxygen atoms in total. The lowest BCUT2D eigenvalue weighted by Crippen LogP contribution is -2.55. The first-order valence-electron chi connectivity index (χ1n) is 11.4. The van der Waals surface area contributed by atoms with Gasteiger partial charge in [0.15, 0.2) is 0 Å². The number of fused-ring (bicyclic) bond motifs is 1. The second-order valence-corrected chi connectivity index (χ2v) is 8.74. The Balaban J connectivity index is 1.76. The summed E-state index contributed by atoms with van der Waals surface area (Å²) in [6.07, 6.45) is 4.52. The molecular weight excluding hydrogens is 438 g/mol. The van der Waals surface area contributed by atoms with E-state index in [1.165, 1.54) is 4.90 Å². The molecule has 1 unspecified atom stereocenters. The number of carboxylic acids is 1. The second kappa shape index (κ2) is 11.0. The molecule has 0 bridgehead atoms. The Morgan fingerprint density at radius 3 is 2.71 bits per heavy atom. The molecule has 4 N–H and O–H groups in total. The van der Waals surface area contributed by atoms with Gasteiger partial charge in [-0.25, -0.2) is 4.98 Å². The molecule has 0 aliphatic carbocycles. The summed E-state index contributed by atoms with van der Waals surface area (Å²) in [5, 5.41) is 14.7. The fourth-order valence-corrected chi connectivity index (χ4v) is 4.20. The van der Waals surface area contributed by atoms with E-state index in [4.69, 9.17) is 5.11 Å². The lowest BCUT2D eigenvalue weighted by Gasteiger charge is -2.32. The Bertz CT molecular complexity index is 1090. The molecule has 1 fully saturated rings. The number of carbonyl (C=O) groups excluding carboxylic acids is 3. The molecule has 0 radical (unpaired) electrons. The van der Waals surface area contributed by atoms with E-state index in [0.717, 1.165) is 22.3 Å². The Labute approximate surface area is 197 Å². The molecule has 2 amide bonds. The third-order valence-electron chi connectivity index (χ3n) is 5.99. The van der Waals surface area contributed by atoms with Gasteiger partial charge in [-0.15, -0.1) is 0 Å². The van der Waals surface area contributed by atoms with Gasteiger partial charge in [-0.1, -0.05) is 26.0 Å². The molecule has 1 aliphatic heterocycles. The van der Waals surface area contributed by atoms with Crippen LogP contribution in [-0.4, -0.2) is 68.7 Å². The van der Waals surface area contributed by atoms with Gasteiger partial charge in [0.1, 0.15) is 18.4 Å². The van der Waals surface area contributed by atoms with Crippen molar-refractivity contribution in [1.82, 2.24) is 25.5 Å². The fourth-order valence-electron chi connectivity index (χ4n) is 4.20. The number of nitrogens with zero attached hydrogens (tertiary/aromatic N) is 2. The molecule has 10 heteroatoms. The molecule has 3 atom stereocenters. The number of aldehydes is 1. The van der Waals surface area contributed by atoms with Crippen LogP contribution < -0.4 is 10.6 Å². The van der Waals surface area contributed by atoms with Gasteiger partial charge >= 0.3 is 5.97 Å². The van der Waals surface area contributed by atoms with Crippen molar-refractivity contribution in [2.45, 2.75) is 58.2 Å². The number of hydrogen-bond acceptors (Lipinski definition) is 6. The van der Waals surface area contributed by atoms with Crippen molar-refractivity contribution in [2.75, 3.05) is 6.54 Å². The number of aromatic amines is 1. The van der Waals surface area contributed by atoms with E-state index in [9.17, 15) is 19.2 Å². The lowest BCUT2D eigenvalue weighted by atomic mass is 10.00. The summed E-state index contributed by atoms with van der Waals surface area (Å²) < 4.78 is 0. The third-order valence-corrected chi connectivity index (χ3v) is 5.99. The van der Waals surface area contributed by atoms with Gasteiger partial charge in [0.05, 0.1) is 29.8 Å². The van der Waals surface area contributed by atoms with Gasteiger partial charge in [0.2, 0.25) is 11.8 Å². The minimum atomic E-state index is -1.19. The van der Waals surface area contributed by atoms with Crippen molar-refractivity contribution >= 4 is 40.8 Å². The fraction of sp³-hybridized carbons (Fsp3) is 0.458. The molecule has 0 spiro atoms. The smallest absolute Gasteiger partial charge is 0.305 e. The standard InChI is InChI=1S/C24H31N5O5/c1-4-17(15-7-8-18-19(10-15)26-13-25-18)28-22(14(2)3)24(34)29-9-5-6-20(29)23(33)27-16(12-30)11-21(31)32/h4,7-8,10,12-14,16,20,22,28H,5-6,9,11H2,1-3H3,(H,25,26)(H,27,33)(H,31,32)/b17-4-/t16-,20?,22-/m0/s1.